The fraction of sp³-hybridized carbons (Fsp3) is 0.571. The second-order valence-electron chi connectivity index (χ2n) is 4.83. The Labute approximate surface area is 92.9 Å². The van der Waals surface area contributed by atoms with Crippen molar-refractivity contribution >= 4 is 0 Å². The summed E-state index contributed by atoms with van der Waals surface area (Å²) in [6.07, 6.45) is 3.99. The molecule has 1 fully saturated rings. The lowest BCUT2D eigenvalue weighted by molar-refractivity contribution is 0.412. The molecule has 1 aliphatic heterocycles. The summed E-state index contributed by atoms with van der Waals surface area (Å²) in [5, 5.41) is 3.60. The van der Waals surface area contributed by atoms with Crippen molar-refractivity contribution in [1.82, 2.24) is 5.32 Å². The Balaban J connectivity index is 2.16. The maximum Gasteiger partial charge on any atom is 0.0320 e. The van der Waals surface area contributed by atoms with E-state index in [0.717, 1.165) is 0 Å². The van der Waals surface area contributed by atoms with Crippen LogP contribution >= 0.6 is 0 Å². The smallest absolute Gasteiger partial charge is 0.0320 e. The van der Waals surface area contributed by atoms with E-state index in [-0.39, 0.29) is 0 Å². The van der Waals surface area contributed by atoms with Gasteiger partial charge >= 0.3 is 0 Å². The highest BCUT2D eigenvalue weighted by Gasteiger charge is 2.14. The van der Waals surface area contributed by atoms with Crippen molar-refractivity contribution in [2.45, 2.75) is 45.1 Å². The van der Waals surface area contributed by atoms with Crippen molar-refractivity contribution in [1.29, 1.82) is 0 Å². The molecule has 0 aliphatic carbocycles. The Hall–Kier alpha value is -0.820. The van der Waals surface area contributed by atoms with Gasteiger partial charge in [0, 0.05) is 6.04 Å². The molecule has 15 heavy (non-hydrogen) atoms. The van der Waals surface area contributed by atoms with E-state index in [1.807, 2.05) is 0 Å². The monoisotopic (exact) mass is 203 g/mol. The predicted molar refractivity (Wildman–Crippen MR) is 65.1 cm³/mol. The van der Waals surface area contributed by atoms with Crippen LogP contribution in [0.3, 0.4) is 0 Å². The average Bonchev–Trinajstić information content (AvgIpc) is 2.30. The molecule has 1 heterocycles. The summed E-state index contributed by atoms with van der Waals surface area (Å²) >= 11 is 0. The van der Waals surface area contributed by atoms with E-state index >= 15 is 0 Å². The second-order valence-corrected chi connectivity index (χ2v) is 4.83. The number of hydrogen-bond acceptors (Lipinski definition) is 1. The third-order valence-electron chi connectivity index (χ3n) is 3.29. The lowest BCUT2D eigenvalue weighted by atomic mass is 9.93. The van der Waals surface area contributed by atoms with Crippen molar-refractivity contribution in [3.8, 4) is 0 Å². The van der Waals surface area contributed by atoms with Gasteiger partial charge in [-0.3, -0.25) is 0 Å². The van der Waals surface area contributed by atoms with Gasteiger partial charge in [-0.25, -0.2) is 0 Å². The molecule has 0 amide bonds. The van der Waals surface area contributed by atoms with Gasteiger partial charge in [0.2, 0.25) is 0 Å². The van der Waals surface area contributed by atoms with Crippen LogP contribution in [0.1, 0.15) is 56.2 Å². The van der Waals surface area contributed by atoms with E-state index in [0.29, 0.717) is 12.0 Å². The summed E-state index contributed by atoms with van der Waals surface area (Å²) in [4.78, 5) is 0. The third kappa shape index (κ3) is 2.60. The quantitative estimate of drug-likeness (QED) is 0.774. The van der Waals surface area contributed by atoms with Crippen LogP contribution < -0.4 is 5.32 Å². The van der Waals surface area contributed by atoms with Crippen LogP contribution in [-0.2, 0) is 0 Å². The first-order chi connectivity index (χ1) is 7.27. The zero-order valence-corrected chi connectivity index (χ0v) is 9.79. The van der Waals surface area contributed by atoms with Crippen LogP contribution in [0, 0.1) is 0 Å². The number of hydrogen-bond donors (Lipinski definition) is 1. The molecule has 0 radical (unpaired) electrons. The molecule has 1 nitrogen and oxygen atoms in total. The number of piperidine rings is 1. The minimum atomic E-state index is 0.595. The number of nitrogens with one attached hydrogen (secondary N) is 1. The maximum absolute atomic E-state index is 3.60. The average molecular weight is 203 g/mol. The highest BCUT2D eigenvalue weighted by atomic mass is 14.9. The molecule has 1 N–H and O–H groups in total. The van der Waals surface area contributed by atoms with Gasteiger partial charge in [0.1, 0.15) is 0 Å². The molecule has 1 heteroatoms. The van der Waals surface area contributed by atoms with Crippen molar-refractivity contribution in [2.24, 2.45) is 0 Å². The minimum absolute atomic E-state index is 0.595. The fourth-order valence-corrected chi connectivity index (χ4v) is 2.27. The summed E-state index contributed by atoms with van der Waals surface area (Å²) in [7, 11) is 0. The first kappa shape index (κ1) is 10.7. The Kier molecular flexibility index (Phi) is 3.42. The molecule has 1 unspecified atom stereocenters. The lowest BCUT2D eigenvalue weighted by Crippen LogP contribution is -2.26. The molecule has 0 aromatic heterocycles. The van der Waals surface area contributed by atoms with Gasteiger partial charge in [0.05, 0.1) is 0 Å². The normalized spacial score (nSPS) is 21.9. The SMILES string of the molecule is CC(C)c1cccc(C2CCCCN2)c1. The van der Waals surface area contributed by atoms with Crippen molar-refractivity contribution in [3.05, 3.63) is 35.4 Å². The molecule has 1 aliphatic rings. The van der Waals surface area contributed by atoms with Crippen LogP contribution in [0.2, 0.25) is 0 Å². The van der Waals surface area contributed by atoms with Gasteiger partial charge in [0.15, 0.2) is 0 Å². The van der Waals surface area contributed by atoms with E-state index < -0.39 is 0 Å². The van der Waals surface area contributed by atoms with Gasteiger partial charge < -0.3 is 5.32 Å². The Bertz CT molecular complexity index is 311. The molecule has 1 atom stereocenters. The Morgan fingerprint density at radius 2 is 2.13 bits per heavy atom. The molecule has 1 aromatic rings. The van der Waals surface area contributed by atoms with E-state index in [2.05, 4.69) is 43.4 Å². The van der Waals surface area contributed by atoms with Gasteiger partial charge in [0.25, 0.3) is 0 Å². The lowest BCUT2D eigenvalue weighted by Gasteiger charge is -2.24. The van der Waals surface area contributed by atoms with Gasteiger partial charge in [-0.15, -0.1) is 0 Å². The Morgan fingerprint density at radius 3 is 2.80 bits per heavy atom. The van der Waals surface area contributed by atoms with Gasteiger partial charge in [-0.2, -0.15) is 0 Å². The molecule has 82 valence electrons. The summed E-state index contributed by atoms with van der Waals surface area (Å²) in [5.41, 5.74) is 2.93. The number of rotatable bonds is 2. The van der Waals surface area contributed by atoms with Crippen LogP contribution in [0.15, 0.2) is 24.3 Å². The van der Waals surface area contributed by atoms with Gasteiger partial charge in [-0.1, -0.05) is 44.5 Å². The summed E-state index contributed by atoms with van der Waals surface area (Å²) in [5.74, 6) is 0.633. The zero-order chi connectivity index (χ0) is 10.7. The van der Waals surface area contributed by atoms with E-state index in [1.165, 1.54) is 36.9 Å². The fourth-order valence-electron chi connectivity index (χ4n) is 2.27. The predicted octanol–water partition coefficient (Wildman–Crippen LogP) is 3.62. The molecule has 0 saturated carbocycles. The molecule has 1 aromatic carbocycles. The van der Waals surface area contributed by atoms with Crippen LogP contribution in [0.25, 0.3) is 0 Å². The topological polar surface area (TPSA) is 12.0 Å². The van der Waals surface area contributed by atoms with Crippen LogP contribution in [0.4, 0.5) is 0 Å². The standard InChI is InChI=1S/C14H21N/c1-11(2)12-6-5-7-13(10-12)14-8-3-4-9-15-14/h5-7,10-11,14-15H,3-4,8-9H2,1-2H3. The van der Waals surface area contributed by atoms with Crippen LogP contribution in [0.5, 0.6) is 0 Å². The summed E-state index contributed by atoms with van der Waals surface area (Å²) in [6, 6.07) is 9.65. The largest absolute Gasteiger partial charge is 0.310 e. The van der Waals surface area contributed by atoms with E-state index in [1.54, 1.807) is 0 Å². The first-order valence-corrected chi connectivity index (χ1v) is 6.10. The zero-order valence-electron chi connectivity index (χ0n) is 9.79. The summed E-state index contributed by atoms with van der Waals surface area (Å²) in [6.45, 7) is 5.69. The van der Waals surface area contributed by atoms with Crippen molar-refractivity contribution < 1.29 is 0 Å². The number of benzene rings is 1. The maximum atomic E-state index is 3.60. The van der Waals surface area contributed by atoms with Crippen molar-refractivity contribution in [2.75, 3.05) is 6.54 Å². The van der Waals surface area contributed by atoms with Gasteiger partial charge in [-0.05, 0) is 36.4 Å². The minimum Gasteiger partial charge on any atom is -0.310 e. The molecular formula is C14H21N. The van der Waals surface area contributed by atoms with E-state index in [9.17, 15) is 0 Å². The Morgan fingerprint density at radius 1 is 1.27 bits per heavy atom. The highest BCUT2D eigenvalue weighted by Crippen LogP contribution is 2.25. The molecule has 1 saturated heterocycles. The van der Waals surface area contributed by atoms with Crippen LogP contribution in [-0.4, -0.2) is 6.54 Å². The molecular weight excluding hydrogens is 182 g/mol. The highest BCUT2D eigenvalue weighted by molar-refractivity contribution is 5.28. The molecule has 0 bridgehead atoms. The molecule has 0 spiro atoms. The third-order valence-corrected chi connectivity index (χ3v) is 3.29. The summed E-state index contributed by atoms with van der Waals surface area (Å²) < 4.78 is 0. The second kappa shape index (κ2) is 4.80. The van der Waals surface area contributed by atoms with E-state index in [4.69, 9.17) is 0 Å². The van der Waals surface area contributed by atoms with Crippen molar-refractivity contribution in [3.63, 3.8) is 0 Å². The first-order valence-electron chi connectivity index (χ1n) is 6.10. The molecule has 2 rings (SSSR count).